The van der Waals surface area contributed by atoms with E-state index in [-0.39, 0.29) is 19.0 Å². The van der Waals surface area contributed by atoms with Crippen molar-refractivity contribution in [2.24, 2.45) is 0 Å². The van der Waals surface area contributed by atoms with Gasteiger partial charge in [0, 0.05) is 38.0 Å². The Bertz CT molecular complexity index is 516. The fourth-order valence-electron chi connectivity index (χ4n) is 1.70. The molecule has 0 unspecified atom stereocenters. The lowest BCUT2D eigenvalue weighted by molar-refractivity contribution is -0.689. The van der Waals surface area contributed by atoms with Crippen molar-refractivity contribution in [2.45, 2.75) is 19.9 Å². The number of aliphatic hydroxyl groups excluding tert-OH is 1. The molecule has 0 spiro atoms. The van der Waals surface area contributed by atoms with Crippen molar-refractivity contribution in [3.63, 3.8) is 0 Å². The summed E-state index contributed by atoms with van der Waals surface area (Å²) in [7, 11) is 0. The van der Waals surface area contributed by atoms with Crippen molar-refractivity contribution >= 4 is 17.0 Å². The summed E-state index contributed by atoms with van der Waals surface area (Å²) < 4.78 is 2.14. The molecule has 0 aromatic carbocycles. The minimum absolute atomic E-state index is 0. The molecule has 2 aromatic heterocycles. The van der Waals surface area contributed by atoms with E-state index >= 15 is 0 Å². The Labute approximate surface area is 117 Å². The van der Waals surface area contributed by atoms with E-state index < -0.39 is 0 Å². The molecule has 0 fully saturated rings. The van der Waals surface area contributed by atoms with Crippen LogP contribution in [0.5, 0.6) is 0 Å². The number of aromatic nitrogens is 2. The molecule has 18 heavy (non-hydrogen) atoms. The topological polar surface area (TPSA) is 63.0 Å². The second kappa shape index (κ2) is 6.68. The number of halogens is 1. The van der Waals surface area contributed by atoms with Gasteiger partial charge in [-0.3, -0.25) is 4.98 Å². The fraction of sp³-hybridized carbons (Fsp3) is 0.333. The third-order valence-corrected chi connectivity index (χ3v) is 3.92. The number of nitrogens with two attached hydrogens (primary N) is 1. The molecule has 2 aromatic rings. The van der Waals surface area contributed by atoms with Crippen LogP contribution in [0.2, 0.25) is 0 Å². The molecule has 6 heteroatoms. The first-order valence-electron chi connectivity index (χ1n) is 5.48. The van der Waals surface area contributed by atoms with Crippen molar-refractivity contribution in [2.75, 3.05) is 12.3 Å². The van der Waals surface area contributed by atoms with Gasteiger partial charge < -0.3 is 23.2 Å². The zero-order valence-corrected chi connectivity index (χ0v) is 11.7. The highest BCUT2D eigenvalue weighted by Crippen LogP contribution is 2.14. The maximum absolute atomic E-state index is 8.95. The summed E-state index contributed by atoms with van der Waals surface area (Å²) in [5.74, 6) is 0. The maximum Gasteiger partial charge on any atom is 0.225 e. The lowest BCUT2D eigenvalue weighted by Crippen LogP contribution is -3.00. The largest absolute Gasteiger partial charge is 1.00 e. The Hall–Kier alpha value is -1.17. The van der Waals surface area contributed by atoms with Gasteiger partial charge in [0.1, 0.15) is 0 Å². The summed E-state index contributed by atoms with van der Waals surface area (Å²) >= 11 is 1.67. The molecule has 2 rings (SSSR count). The van der Waals surface area contributed by atoms with E-state index in [0.29, 0.717) is 6.42 Å². The van der Waals surface area contributed by atoms with E-state index in [1.807, 2.05) is 6.07 Å². The number of hydrogen-bond donors (Lipinski definition) is 2. The number of rotatable bonds is 4. The van der Waals surface area contributed by atoms with Crippen LogP contribution in [0.25, 0.3) is 0 Å². The van der Waals surface area contributed by atoms with Gasteiger partial charge in [-0.2, -0.15) is 4.57 Å². The van der Waals surface area contributed by atoms with E-state index in [1.165, 1.54) is 10.6 Å². The van der Waals surface area contributed by atoms with Crippen LogP contribution in [-0.4, -0.2) is 16.7 Å². The van der Waals surface area contributed by atoms with Gasteiger partial charge in [-0.1, -0.05) is 11.3 Å². The van der Waals surface area contributed by atoms with E-state index in [1.54, 1.807) is 23.7 Å². The molecule has 0 saturated carbocycles. The Morgan fingerprint density at radius 1 is 1.50 bits per heavy atom. The van der Waals surface area contributed by atoms with Crippen molar-refractivity contribution in [1.29, 1.82) is 0 Å². The Kier molecular flexibility index (Phi) is 5.53. The number of hydrogen-bond acceptors (Lipinski definition) is 4. The second-order valence-electron chi connectivity index (χ2n) is 3.91. The summed E-state index contributed by atoms with van der Waals surface area (Å²) in [6, 6.07) is 1.81. The Morgan fingerprint density at radius 2 is 2.28 bits per heavy atom. The lowest BCUT2D eigenvalue weighted by atomic mass is 10.2. The lowest BCUT2D eigenvalue weighted by Gasteiger charge is -2.00. The number of thiazole rings is 1. The zero-order chi connectivity index (χ0) is 12.3. The van der Waals surface area contributed by atoms with Crippen molar-refractivity contribution in [3.05, 3.63) is 40.1 Å². The van der Waals surface area contributed by atoms with Crippen molar-refractivity contribution in [3.8, 4) is 0 Å². The second-order valence-corrected chi connectivity index (χ2v) is 4.85. The van der Waals surface area contributed by atoms with Gasteiger partial charge in [0.15, 0.2) is 12.2 Å². The van der Waals surface area contributed by atoms with Crippen LogP contribution >= 0.6 is 11.3 Å². The van der Waals surface area contributed by atoms with Crippen LogP contribution in [0.1, 0.15) is 16.1 Å². The predicted octanol–water partition coefficient (Wildman–Crippen LogP) is -2.09. The van der Waals surface area contributed by atoms with Gasteiger partial charge in [0.2, 0.25) is 5.51 Å². The standard InChI is InChI=1S/C12H16N3OS.ClH/c1-9-12(3-5-16)17-8-15(9)7-10-6-14-4-2-11(10)13;/h2,4,6,8,16H,3,5,7H2,1H3,(H2,13,14);1H/q+1;/p-1. The van der Waals surface area contributed by atoms with Gasteiger partial charge in [-0.25, -0.2) is 0 Å². The monoisotopic (exact) mass is 285 g/mol. The van der Waals surface area contributed by atoms with Gasteiger partial charge >= 0.3 is 0 Å². The number of pyridine rings is 1. The molecule has 0 bridgehead atoms. The first kappa shape index (κ1) is 14.9. The average Bonchev–Trinajstić information content (AvgIpc) is 2.65. The van der Waals surface area contributed by atoms with E-state index in [2.05, 4.69) is 22.0 Å². The van der Waals surface area contributed by atoms with E-state index in [4.69, 9.17) is 10.8 Å². The fourth-order valence-corrected chi connectivity index (χ4v) is 2.69. The summed E-state index contributed by atoms with van der Waals surface area (Å²) in [5.41, 5.74) is 10.9. The zero-order valence-electron chi connectivity index (χ0n) is 10.1. The van der Waals surface area contributed by atoms with Crippen LogP contribution in [0.4, 0.5) is 5.69 Å². The third-order valence-electron chi connectivity index (χ3n) is 2.78. The molecule has 0 aliphatic rings. The molecule has 2 heterocycles. The smallest absolute Gasteiger partial charge is 0.225 e. The van der Waals surface area contributed by atoms with Crippen molar-refractivity contribution < 1.29 is 22.1 Å². The minimum atomic E-state index is 0. The third kappa shape index (κ3) is 3.19. The molecule has 0 atom stereocenters. The average molecular weight is 286 g/mol. The molecule has 4 nitrogen and oxygen atoms in total. The predicted molar refractivity (Wildman–Crippen MR) is 67.8 cm³/mol. The highest BCUT2D eigenvalue weighted by Gasteiger charge is 2.16. The van der Waals surface area contributed by atoms with Crippen LogP contribution in [0, 0.1) is 6.92 Å². The Balaban J connectivity index is 0.00000162. The van der Waals surface area contributed by atoms with Gasteiger partial charge in [0.25, 0.3) is 0 Å². The Morgan fingerprint density at radius 3 is 2.94 bits per heavy atom. The number of anilines is 1. The molecule has 0 radical (unpaired) electrons. The maximum atomic E-state index is 8.95. The molecular weight excluding hydrogens is 270 g/mol. The van der Waals surface area contributed by atoms with Crippen LogP contribution < -0.4 is 22.7 Å². The number of aliphatic hydroxyl groups is 1. The number of nitrogens with zero attached hydrogens (tertiary/aromatic N) is 2. The molecule has 0 aliphatic heterocycles. The molecule has 0 saturated heterocycles. The molecule has 3 N–H and O–H groups in total. The van der Waals surface area contributed by atoms with E-state index in [0.717, 1.165) is 17.8 Å². The molecular formula is C12H16ClN3OS. The van der Waals surface area contributed by atoms with Crippen molar-refractivity contribution in [1.82, 2.24) is 4.98 Å². The molecule has 0 aliphatic carbocycles. The van der Waals surface area contributed by atoms with Crippen LogP contribution in [0.15, 0.2) is 24.0 Å². The van der Waals surface area contributed by atoms with Gasteiger partial charge in [-0.15, -0.1) is 0 Å². The number of nitrogen functional groups attached to an aromatic ring is 1. The summed E-state index contributed by atoms with van der Waals surface area (Å²) in [4.78, 5) is 5.30. The van der Waals surface area contributed by atoms with E-state index in [9.17, 15) is 0 Å². The van der Waals surface area contributed by atoms with Gasteiger partial charge in [-0.05, 0) is 6.07 Å². The summed E-state index contributed by atoms with van der Waals surface area (Å²) in [5, 5.41) is 8.95. The highest BCUT2D eigenvalue weighted by atomic mass is 35.5. The van der Waals surface area contributed by atoms with Crippen LogP contribution in [-0.2, 0) is 13.0 Å². The summed E-state index contributed by atoms with van der Waals surface area (Å²) in [6.45, 7) is 2.98. The first-order valence-corrected chi connectivity index (χ1v) is 6.36. The quantitative estimate of drug-likeness (QED) is 0.633. The summed E-state index contributed by atoms with van der Waals surface area (Å²) in [6.07, 6.45) is 4.21. The molecule has 98 valence electrons. The first-order chi connectivity index (χ1) is 8.22. The SMILES string of the molecule is Cc1c(CCO)sc[n+]1Cc1cnccc1N.[Cl-]. The van der Waals surface area contributed by atoms with Crippen LogP contribution in [0.3, 0.4) is 0 Å². The molecule has 0 amide bonds. The minimum Gasteiger partial charge on any atom is -1.00 e. The van der Waals surface area contributed by atoms with Gasteiger partial charge in [0.05, 0.1) is 10.4 Å². The normalized spacial score (nSPS) is 10.1. The highest BCUT2D eigenvalue weighted by molar-refractivity contribution is 7.09.